The van der Waals surface area contributed by atoms with Crippen molar-refractivity contribution in [3.63, 3.8) is 0 Å². The van der Waals surface area contributed by atoms with Crippen LogP contribution in [-0.2, 0) is 6.54 Å². The van der Waals surface area contributed by atoms with E-state index >= 15 is 0 Å². The second-order valence-corrected chi connectivity index (χ2v) is 7.83. The molecule has 0 bridgehead atoms. The molecule has 3 rings (SSSR count). The molecule has 0 saturated heterocycles. The summed E-state index contributed by atoms with van der Waals surface area (Å²) in [6.45, 7) is 9.11. The van der Waals surface area contributed by atoms with Crippen molar-refractivity contribution >= 4 is 11.0 Å². The van der Waals surface area contributed by atoms with Crippen molar-refractivity contribution in [3.8, 4) is 23.0 Å². The van der Waals surface area contributed by atoms with Gasteiger partial charge in [-0.15, -0.1) is 0 Å². The first kappa shape index (κ1) is 23.7. The van der Waals surface area contributed by atoms with Crippen molar-refractivity contribution in [2.75, 3.05) is 19.7 Å². The molecule has 0 aliphatic carbocycles. The zero-order valence-corrected chi connectivity index (χ0v) is 19.2. The summed E-state index contributed by atoms with van der Waals surface area (Å²) in [4.78, 5) is 15.5. The number of phenols is 1. The van der Waals surface area contributed by atoms with E-state index < -0.39 is 0 Å². The van der Waals surface area contributed by atoms with Gasteiger partial charge in [-0.05, 0) is 57.1 Å². The Morgan fingerprint density at radius 1 is 0.938 bits per heavy atom. The lowest BCUT2D eigenvalue weighted by atomic mass is 10.1. The Morgan fingerprint density at radius 3 is 2.28 bits per heavy atom. The molecular weight excluding hydrogens is 406 g/mol. The number of fused-ring (bicyclic) bond motifs is 1. The standard InChI is InChI=1S/C26H33NO5/c1-4-7-15-27(16-8-5-2)17-20-21(28)14-13-19-25(29)24(18-31-26(19)20)32-23-12-10-9-11-22(23)30-6-3/h9-14,18,28H,4-8,15-17H2,1-3H3. The van der Waals surface area contributed by atoms with E-state index in [1.807, 2.05) is 19.1 Å². The zero-order chi connectivity index (χ0) is 22.9. The Balaban J connectivity index is 1.95. The topological polar surface area (TPSA) is 72.1 Å². The van der Waals surface area contributed by atoms with Crippen LogP contribution in [0.4, 0.5) is 0 Å². The van der Waals surface area contributed by atoms with Gasteiger partial charge in [0, 0.05) is 6.54 Å². The zero-order valence-electron chi connectivity index (χ0n) is 19.2. The number of aromatic hydroxyl groups is 1. The fraction of sp³-hybridized carbons (Fsp3) is 0.423. The number of benzene rings is 2. The molecule has 32 heavy (non-hydrogen) atoms. The lowest BCUT2D eigenvalue weighted by molar-refractivity contribution is 0.253. The van der Waals surface area contributed by atoms with Crippen LogP contribution in [0.3, 0.4) is 0 Å². The van der Waals surface area contributed by atoms with Gasteiger partial charge in [-0.1, -0.05) is 38.8 Å². The summed E-state index contributed by atoms with van der Waals surface area (Å²) in [6, 6.07) is 10.3. The minimum absolute atomic E-state index is 0.0788. The first-order valence-electron chi connectivity index (χ1n) is 11.5. The van der Waals surface area contributed by atoms with Crippen LogP contribution in [0.2, 0.25) is 0 Å². The first-order chi connectivity index (χ1) is 15.6. The van der Waals surface area contributed by atoms with E-state index in [0.29, 0.717) is 41.2 Å². The third-order valence-corrected chi connectivity index (χ3v) is 5.39. The Kier molecular flexibility index (Phi) is 8.56. The molecule has 0 fully saturated rings. The third-order valence-electron chi connectivity index (χ3n) is 5.39. The minimum atomic E-state index is -0.285. The molecule has 0 amide bonds. The van der Waals surface area contributed by atoms with Gasteiger partial charge in [-0.25, -0.2) is 0 Å². The molecule has 0 radical (unpaired) electrons. The molecule has 1 N–H and O–H groups in total. The number of nitrogens with zero attached hydrogens (tertiary/aromatic N) is 1. The summed E-state index contributed by atoms with van der Waals surface area (Å²) in [5.74, 6) is 1.22. The van der Waals surface area contributed by atoms with E-state index in [4.69, 9.17) is 13.9 Å². The maximum absolute atomic E-state index is 13.2. The highest BCUT2D eigenvalue weighted by Gasteiger charge is 2.18. The van der Waals surface area contributed by atoms with Gasteiger partial charge < -0.3 is 19.0 Å². The van der Waals surface area contributed by atoms with Gasteiger partial charge in [0.1, 0.15) is 17.6 Å². The molecule has 0 unspecified atom stereocenters. The summed E-state index contributed by atoms with van der Waals surface area (Å²) < 4.78 is 17.3. The van der Waals surface area contributed by atoms with E-state index in [1.54, 1.807) is 24.3 Å². The number of phenolic OH excluding ortho intramolecular Hbond substituents is 1. The average molecular weight is 440 g/mol. The SMILES string of the molecule is CCCCN(CCCC)Cc1c(O)ccc2c(=O)c(Oc3ccccc3OCC)coc12. The van der Waals surface area contributed by atoms with Gasteiger partial charge in [0.15, 0.2) is 11.5 Å². The lowest BCUT2D eigenvalue weighted by Crippen LogP contribution is -2.26. The molecule has 3 aromatic rings. The van der Waals surface area contributed by atoms with Crippen molar-refractivity contribution in [2.24, 2.45) is 0 Å². The maximum Gasteiger partial charge on any atom is 0.235 e. The minimum Gasteiger partial charge on any atom is -0.507 e. The normalized spacial score (nSPS) is 11.2. The van der Waals surface area contributed by atoms with E-state index in [0.717, 1.165) is 38.8 Å². The molecule has 0 aliphatic rings. The molecule has 1 aromatic heterocycles. The van der Waals surface area contributed by atoms with Gasteiger partial charge >= 0.3 is 0 Å². The van der Waals surface area contributed by atoms with Gasteiger partial charge in [-0.2, -0.15) is 0 Å². The fourth-order valence-electron chi connectivity index (χ4n) is 3.64. The van der Waals surface area contributed by atoms with Gasteiger partial charge in [-0.3, -0.25) is 9.69 Å². The lowest BCUT2D eigenvalue weighted by Gasteiger charge is -2.23. The van der Waals surface area contributed by atoms with Crippen molar-refractivity contribution in [2.45, 2.75) is 53.0 Å². The fourth-order valence-corrected chi connectivity index (χ4v) is 3.64. The quantitative estimate of drug-likeness (QED) is 0.368. The van der Waals surface area contributed by atoms with Crippen molar-refractivity contribution in [3.05, 3.63) is 58.4 Å². The third kappa shape index (κ3) is 5.62. The average Bonchev–Trinajstić information content (AvgIpc) is 2.80. The number of rotatable bonds is 12. The molecule has 0 atom stereocenters. The van der Waals surface area contributed by atoms with E-state index in [9.17, 15) is 9.90 Å². The van der Waals surface area contributed by atoms with Crippen LogP contribution in [0.1, 0.15) is 52.0 Å². The second-order valence-electron chi connectivity index (χ2n) is 7.83. The van der Waals surface area contributed by atoms with E-state index in [1.165, 1.54) is 6.26 Å². The number of ether oxygens (including phenoxy) is 2. The summed E-state index contributed by atoms with van der Waals surface area (Å²) in [5.41, 5.74) is 0.749. The van der Waals surface area contributed by atoms with Crippen LogP contribution in [0.5, 0.6) is 23.0 Å². The van der Waals surface area contributed by atoms with Crippen LogP contribution >= 0.6 is 0 Å². The van der Waals surface area contributed by atoms with E-state index in [2.05, 4.69) is 18.7 Å². The van der Waals surface area contributed by atoms with Gasteiger partial charge in [0.2, 0.25) is 11.2 Å². The second kappa shape index (κ2) is 11.6. The molecule has 0 spiro atoms. The highest BCUT2D eigenvalue weighted by Crippen LogP contribution is 2.33. The number of para-hydroxylation sites is 2. The van der Waals surface area contributed by atoms with Crippen LogP contribution in [0, 0.1) is 0 Å². The predicted octanol–water partition coefficient (Wildman–Crippen LogP) is 6.09. The summed E-state index contributed by atoms with van der Waals surface area (Å²) in [5, 5.41) is 10.9. The smallest absolute Gasteiger partial charge is 0.235 e. The van der Waals surface area contributed by atoms with Crippen LogP contribution in [0.25, 0.3) is 11.0 Å². The summed E-state index contributed by atoms with van der Waals surface area (Å²) >= 11 is 0. The molecule has 2 aromatic carbocycles. The molecule has 0 aliphatic heterocycles. The highest BCUT2D eigenvalue weighted by molar-refractivity contribution is 5.83. The number of hydrogen-bond acceptors (Lipinski definition) is 6. The van der Waals surface area contributed by atoms with Crippen LogP contribution < -0.4 is 14.9 Å². The van der Waals surface area contributed by atoms with Gasteiger partial charge in [0.05, 0.1) is 17.6 Å². The number of unbranched alkanes of at least 4 members (excludes halogenated alkanes) is 2. The van der Waals surface area contributed by atoms with Crippen LogP contribution in [-0.4, -0.2) is 29.7 Å². The van der Waals surface area contributed by atoms with Crippen molar-refractivity contribution < 1.29 is 19.0 Å². The highest BCUT2D eigenvalue weighted by atomic mass is 16.5. The molecule has 172 valence electrons. The number of hydrogen-bond donors (Lipinski definition) is 1. The van der Waals surface area contributed by atoms with Crippen molar-refractivity contribution in [1.29, 1.82) is 0 Å². The maximum atomic E-state index is 13.2. The molecule has 6 heteroatoms. The van der Waals surface area contributed by atoms with Crippen molar-refractivity contribution in [1.82, 2.24) is 4.90 Å². The van der Waals surface area contributed by atoms with Gasteiger partial charge in [0.25, 0.3) is 0 Å². The predicted molar refractivity (Wildman–Crippen MR) is 127 cm³/mol. The first-order valence-corrected chi connectivity index (χ1v) is 11.5. The molecule has 0 saturated carbocycles. The van der Waals surface area contributed by atoms with E-state index in [-0.39, 0.29) is 16.9 Å². The molecule has 6 nitrogen and oxygen atoms in total. The molecular formula is C26H33NO5. The van der Waals surface area contributed by atoms with Crippen LogP contribution in [0.15, 0.2) is 51.9 Å². The Bertz CT molecular complexity index is 1070. The molecule has 1 heterocycles. The Labute approximate surface area is 189 Å². The summed E-state index contributed by atoms with van der Waals surface area (Å²) in [6.07, 6.45) is 5.68. The Morgan fingerprint density at radius 2 is 1.62 bits per heavy atom. The summed E-state index contributed by atoms with van der Waals surface area (Å²) in [7, 11) is 0. The monoisotopic (exact) mass is 439 g/mol. The Hall–Kier alpha value is -2.99. The largest absolute Gasteiger partial charge is 0.507 e.